The average molecular weight is 289 g/mol. The molecule has 2 unspecified atom stereocenters. The van der Waals surface area contributed by atoms with Crippen molar-refractivity contribution in [3.8, 4) is 0 Å². The number of carbonyl (C=O) groups is 2. The van der Waals surface area contributed by atoms with E-state index in [1.54, 1.807) is 4.90 Å². The van der Waals surface area contributed by atoms with E-state index < -0.39 is 0 Å². The number of nitrogen functional groups attached to an aromatic ring is 1. The zero-order valence-electron chi connectivity index (χ0n) is 11.8. The van der Waals surface area contributed by atoms with Gasteiger partial charge in [-0.2, -0.15) is 5.10 Å². The highest BCUT2D eigenvalue weighted by molar-refractivity contribution is 5.98. The minimum absolute atomic E-state index is 0.0563. The van der Waals surface area contributed by atoms with E-state index in [4.69, 9.17) is 5.73 Å². The van der Waals surface area contributed by atoms with Crippen molar-refractivity contribution in [3.63, 3.8) is 0 Å². The van der Waals surface area contributed by atoms with Gasteiger partial charge in [0.1, 0.15) is 0 Å². The lowest BCUT2D eigenvalue weighted by Crippen LogP contribution is -2.49. The Balaban J connectivity index is 1.60. The lowest BCUT2D eigenvalue weighted by Gasteiger charge is -2.35. The van der Waals surface area contributed by atoms with Crippen molar-refractivity contribution in [2.45, 2.75) is 37.6 Å². The number of hydrogen-bond donors (Lipinski definition) is 3. The molecular weight excluding hydrogens is 270 g/mol. The highest BCUT2D eigenvalue weighted by atomic mass is 16.2. The van der Waals surface area contributed by atoms with Crippen LogP contribution in [0.25, 0.3) is 0 Å². The van der Waals surface area contributed by atoms with Crippen LogP contribution in [0.15, 0.2) is 0 Å². The molecule has 0 radical (unpaired) electrons. The number of nitrogens with one attached hydrogen (secondary N) is 2. The minimum atomic E-state index is -0.151. The van der Waals surface area contributed by atoms with Crippen molar-refractivity contribution in [2.75, 3.05) is 18.8 Å². The number of anilines is 1. The summed E-state index contributed by atoms with van der Waals surface area (Å²) in [5.74, 6) is 0.265. The smallest absolute Gasteiger partial charge is 0.276 e. The Hall–Kier alpha value is -2.05. The predicted octanol–water partition coefficient (Wildman–Crippen LogP) is 0.220. The number of H-pyrrole nitrogens is 1. The van der Waals surface area contributed by atoms with E-state index in [0.717, 1.165) is 31.4 Å². The molecule has 4 rings (SSSR count). The summed E-state index contributed by atoms with van der Waals surface area (Å²) in [6, 6.07) is -0.0563. The van der Waals surface area contributed by atoms with Crippen molar-refractivity contribution >= 4 is 17.5 Å². The summed E-state index contributed by atoms with van der Waals surface area (Å²) in [4.78, 5) is 26.3. The van der Waals surface area contributed by atoms with Gasteiger partial charge in [-0.3, -0.25) is 14.7 Å². The highest BCUT2D eigenvalue weighted by Crippen LogP contribution is 2.42. The van der Waals surface area contributed by atoms with Crippen molar-refractivity contribution < 1.29 is 9.59 Å². The Morgan fingerprint density at radius 3 is 2.90 bits per heavy atom. The first-order chi connectivity index (χ1) is 10.2. The van der Waals surface area contributed by atoms with Gasteiger partial charge in [-0.05, 0) is 25.7 Å². The Morgan fingerprint density at radius 1 is 1.33 bits per heavy atom. The molecule has 3 aliphatic rings. The fraction of sp³-hybridized carbons (Fsp3) is 0.643. The van der Waals surface area contributed by atoms with Gasteiger partial charge in [0.25, 0.3) is 5.91 Å². The van der Waals surface area contributed by atoms with Crippen molar-refractivity contribution in [3.05, 3.63) is 11.4 Å². The van der Waals surface area contributed by atoms with Crippen LogP contribution in [0.5, 0.6) is 0 Å². The number of piperidine rings is 1. The normalized spacial score (nSPS) is 28.4. The zero-order valence-corrected chi connectivity index (χ0v) is 11.8. The predicted molar refractivity (Wildman–Crippen MR) is 75.5 cm³/mol. The summed E-state index contributed by atoms with van der Waals surface area (Å²) in [7, 11) is 0. The van der Waals surface area contributed by atoms with Crippen molar-refractivity contribution in [1.29, 1.82) is 0 Å². The van der Waals surface area contributed by atoms with Gasteiger partial charge in [0, 0.05) is 19.0 Å². The molecular formula is C14H19N5O2. The largest absolute Gasteiger partial charge is 0.395 e. The van der Waals surface area contributed by atoms with Crippen LogP contribution >= 0.6 is 0 Å². The summed E-state index contributed by atoms with van der Waals surface area (Å²) in [6.45, 7) is 1.20. The van der Waals surface area contributed by atoms with Gasteiger partial charge in [-0.1, -0.05) is 0 Å². The number of aromatic amines is 1. The maximum absolute atomic E-state index is 12.8. The summed E-state index contributed by atoms with van der Waals surface area (Å²) in [6.07, 6.45) is 3.91. The van der Waals surface area contributed by atoms with Gasteiger partial charge < -0.3 is 16.0 Å². The van der Waals surface area contributed by atoms with Crippen LogP contribution in [0.2, 0.25) is 0 Å². The van der Waals surface area contributed by atoms with Crippen molar-refractivity contribution in [2.24, 2.45) is 5.92 Å². The van der Waals surface area contributed by atoms with Crippen LogP contribution in [0, 0.1) is 5.92 Å². The third-order valence-corrected chi connectivity index (χ3v) is 4.88. The summed E-state index contributed by atoms with van der Waals surface area (Å²) in [5.41, 5.74) is 7.79. The number of amides is 2. The van der Waals surface area contributed by atoms with E-state index in [9.17, 15) is 9.59 Å². The SMILES string of the molecule is Nc1c(C(=O)N2CCCC3C(=O)NCC32)n[nH]c1C1CC1. The molecule has 2 atom stereocenters. The molecule has 112 valence electrons. The van der Waals surface area contributed by atoms with Crippen LogP contribution in [0.1, 0.15) is 47.8 Å². The number of nitrogens with zero attached hydrogens (tertiary/aromatic N) is 2. The van der Waals surface area contributed by atoms with Crippen LogP contribution in [-0.4, -0.2) is 46.0 Å². The number of fused-ring (bicyclic) bond motifs is 1. The number of hydrogen-bond acceptors (Lipinski definition) is 4. The van der Waals surface area contributed by atoms with Crippen LogP contribution < -0.4 is 11.1 Å². The van der Waals surface area contributed by atoms with E-state index in [-0.39, 0.29) is 23.8 Å². The Kier molecular flexibility index (Phi) is 2.70. The van der Waals surface area contributed by atoms with Crippen LogP contribution in [0.4, 0.5) is 5.69 Å². The van der Waals surface area contributed by atoms with Crippen LogP contribution in [0.3, 0.4) is 0 Å². The fourth-order valence-electron chi connectivity index (χ4n) is 3.55. The Bertz CT molecular complexity index is 607. The Labute approximate surface area is 122 Å². The lowest BCUT2D eigenvalue weighted by molar-refractivity contribution is -0.123. The van der Waals surface area contributed by atoms with Gasteiger partial charge in [0.15, 0.2) is 5.69 Å². The molecule has 3 heterocycles. The van der Waals surface area contributed by atoms with Gasteiger partial charge in [-0.25, -0.2) is 0 Å². The van der Waals surface area contributed by atoms with E-state index in [2.05, 4.69) is 15.5 Å². The number of likely N-dealkylation sites (tertiary alicyclic amines) is 1. The third kappa shape index (κ3) is 1.91. The first-order valence-corrected chi connectivity index (χ1v) is 7.59. The molecule has 1 aromatic rings. The Morgan fingerprint density at radius 2 is 2.14 bits per heavy atom. The quantitative estimate of drug-likeness (QED) is 0.724. The molecule has 7 heteroatoms. The second-order valence-corrected chi connectivity index (χ2v) is 6.23. The minimum Gasteiger partial charge on any atom is -0.395 e. The van der Waals surface area contributed by atoms with E-state index in [1.165, 1.54) is 0 Å². The lowest BCUT2D eigenvalue weighted by atomic mass is 9.91. The van der Waals surface area contributed by atoms with Crippen molar-refractivity contribution in [1.82, 2.24) is 20.4 Å². The summed E-state index contributed by atoms with van der Waals surface area (Å²) < 4.78 is 0. The van der Waals surface area contributed by atoms with Gasteiger partial charge in [0.2, 0.25) is 5.91 Å². The molecule has 2 aliphatic heterocycles. The first-order valence-electron chi connectivity index (χ1n) is 7.59. The first kappa shape index (κ1) is 12.7. The van der Waals surface area contributed by atoms with Gasteiger partial charge in [-0.15, -0.1) is 0 Å². The molecule has 0 bridgehead atoms. The fourth-order valence-corrected chi connectivity index (χ4v) is 3.55. The molecule has 0 spiro atoms. The number of carbonyl (C=O) groups excluding carboxylic acids is 2. The highest BCUT2D eigenvalue weighted by Gasteiger charge is 2.43. The third-order valence-electron chi connectivity index (χ3n) is 4.88. The molecule has 2 saturated heterocycles. The molecule has 1 aromatic heterocycles. The van der Waals surface area contributed by atoms with E-state index in [0.29, 0.717) is 30.4 Å². The number of aromatic nitrogens is 2. The molecule has 1 aliphatic carbocycles. The maximum Gasteiger partial charge on any atom is 0.276 e. The summed E-state index contributed by atoms with van der Waals surface area (Å²) >= 11 is 0. The molecule has 0 aromatic carbocycles. The second kappa shape index (κ2) is 4.47. The van der Waals surface area contributed by atoms with E-state index in [1.807, 2.05) is 0 Å². The standard InChI is InChI=1S/C14H19N5O2/c15-10-11(7-3-4-7)17-18-12(10)14(21)19-5-1-2-8-9(19)6-16-13(8)20/h7-9H,1-6,15H2,(H,16,20)(H,17,18). The van der Waals surface area contributed by atoms with Gasteiger partial charge in [0.05, 0.1) is 23.3 Å². The average Bonchev–Trinajstić information content (AvgIpc) is 3.16. The molecule has 3 fully saturated rings. The zero-order chi connectivity index (χ0) is 14.6. The topological polar surface area (TPSA) is 104 Å². The second-order valence-electron chi connectivity index (χ2n) is 6.23. The maximum atomic E-state index is 12.8. The number of nitrogens with two attached hydrogens (primary N) is 1. The van der Waals surface area contributed by atoms with E-state index >= 15 is 0 Å². The molecule has 7 nitrogen and oxygen atoms in total. The van der Waals surface area contributed by atoms with Gasteiger partial charge >= 0.3 is 0 Å². The molecule has 21 heavy (non-hydrogen) atoms. The molecule has 1 saturated carbocycles. The number of rotatable bonds is 2. The summed E-state index contributed by atoms with van der Waals surface area (Å²) in [5, 5.41) is 9.91. The van der Waals surface area contributed by atoms with Crippen LogP contribution in [-0.2, 0) is 4.79 Å². The molecule has 4 N–H and O–H groups in total. The monoisotopic (exact) mass is 289 g/mol. The molecule has 2 amide bonds.